The van der Waals surface area contributed by atoms with Gasteiger partial charge in [-0.25, -0.2) is 8.78 Å². The molecule has 4 heteroatoms. The average molecular weight is 177 g/mol. The van der Waals surface area contributed by atoms with Crippen LogP contribution in [0.25, 0.3) is 0 Å². The molecular formula is C8H13F2NO. The molecule has 1 fully saturated rings. The lowest BCUT2D eigenvalue weighted by atomic mass is 10.1. The first-order chi connectivity index (χ1) is 5.55. The van der Waals surface area contributed by atoms with Crippen molar-refractivity contribution >= 4 is 6.29 Å². The topological polar surface area (TPSA) is 20.3 Å². The van der Waals surface area contributed by atoms with Crippen LogP contribution in [0.15, 0.2) is 0 Å². The predicted octanol–water partition coefficient (Wildman–Crippen LogP) is 1.30. The lowest BCUT2D eigenvalue weighted by Crippen LogP contribution is -2.44. The molecule has 70 valence electrons. The van der Waals surface area contributed by atoms with Gasteiger partial charge in [-0.2, -0.15) is 0 Å². The zero-order chi connectivity index (χ0) is 9.19. The Morgan fingerprint density at radius 3 is 2.33 bits per heavy atom. The second kappa shape index (κ2) is 3.47. The fourth-order valence-electron chi connectivity index (χ4n) is 1.34. The summed E-state index contributed by atoms with van der Waals surface area (Å²) in [4.78, 5) is 12.1. The summed E-state index contributed by atoms with van der Waals surface area (Å²) in [6.07, 6.45) is 0.555. The van der Waals surface area contributed by atoms with Gasteiger partial charge in [-0.1, -0.05) is 0 Å². The van der Waals surface area contributed by atoms with Gasteiger partial charge in [-0.3, -0.25) is 4.90 Å². The van der Waals surface area contributed by atoms with Gasteiger partial charge >= 0.3 is 0 Å². The first-order valence-electron chi connectivity index (χ1n) is 4.12. The van der Waals surface area contributed by atoms with E-state index < -0.39 is 5.92 Å². The summed E-state index contributed by atoms with van der Waals surface area (Å²) in [5.41, 5.74) is 0. The van der Waals surface area contributed by atoms with Crippen molar-refractivity contribution < 1.29 is 13.6 Å². The third-order valence-electron chi connectivity index (χ3n) is 2.30. The maximum Gasteiger partial charge on any atom is 0.250 e. The highest BCUT2D eigenvalue weighted by molar-refractivity contribution is 5.56. The van der Waals surface area contributed by atoms with Crippen molar-refractivity contribution in [3.8, 4) is 0 Å². The van der Waals surface area contributed by atoms with Gasteiger partial charge in [0.05, 0.1) is 6.04 Å². The van der Waals surface area contributed by atoms with Crippen LogP contribution in [-0.2, 0) is 4.79 Å². The molecule has 0 aromatic rings. The summed E-state index contributed by atoms with van der Waals surface area (Å²) >= 11 is 0. The molecule has 0 saturated carbocycles. The minimum Gasteiger partial charge on any atom is -0.302 e. The van der Waals surface area contributed by atoms with Crippen molar-refractivity contribution in [3.63, 3.8) is 0 Å². The van der Waals surface area contributed by atoms with E-state index in [0.717, 1.165) is 6.29 Å². The number of piperidine rings is 1. The number of hydrogen-bond acceptors (Lipinski definition) is 2. The molecule has 1 unspecified atom stereocenters. The molecule has 0 aliphatic carbocycles. The van der Waals surface area contributed by atoms with Crippen LogP contribution in [0.2, 0.25) is 0 Å². The molecule has 1 atom stereocenters. The SMILES string of the molecule is CC(C=O)N1CCC(F)(F)CC1. The number of hydrogen-bond donors (Lipinski definition) is 0. The van der Waals surface area contributed by atoms with Gasteiger partial charge in [0.25, 0.3) is 5.92 Å². The van der Waals surface area contributed by atoms with Gasteiger partial charge in [-0.05, 0) is 6.92 Å². The van der Waals surface area contributed by atoms with Gasteiger partial charge in [-0.15, -0.1) is 0 Å². The zero-order valence-electron chi connectivity index (χ0n) is 7.09. The van der Waals surface area contributed by atoms with Gasteiger partial charge in [0.15, 0.2) is 0 Å². The normalized spacial score (nSPS) is 26.6. The molecule has 0 N–H and O–H groups in total. The Balaban J connectivity index is 2.40. The largest absolute Gasteiger partial charge is 0.302 e. The van der Waals surface area contributed by atoms with Crippen molar-refractivity contribution in [2.24, 2.45) is 0 Å². The molecule has 0 spiro atoms. The van der Waals surface area contributed by atoms with Gasteiger partial charge in [0, 0.05) is 25.9 Å². The van der Waals surface area contributed by atoms with Crippen LogP contribution in [0, 0.1) is 0 Å². The van der Waals surface area contributed by atoms with Crippen molar-refractivity contribution in [3.05, 3.63) is 0 Å². The fraction of sp³-hybridized carbons (Fsp3) is 0.875. The maximum absolute atomic E-state index is 12.6. The molecule has 0 aromatic carbocycles. The minimum atomic E-state index is -2.51. The predicted molar refractivity (Wildman–Crippen MR) is 41.3 cm³/mol. The third-order valence-corrected chi connectivity index (χ3v) is 2.30. The third kappa shape index (κ3) is 2.24. The number of alkyl halides is 2. The van der Waals surface area contributed by atoms with E-state index in [1.165, 1.54) is 0 Å². The van der Waals surface area contributed by atoms with Crippen LogP contribution in [0.3, 0.4) is 0 Å². The highest BCUT2D eigenvalue weighted by Crippen LogP contribution is 2.28. The van der Waals surface area contributed by atoms with Crippen LogP contribution in [-0.4, -0.2) is 36.2 Å². The Hall–Kier alpha value is -0.510. The number of nitrogens with zero attached hydrogens (tertiary/aromatic N) is 1. The lowest BCUT2D eigenvalue weighted by molar-refractivity contribution is -0.115. The molecule has 12 heavy (non-hydrogen) atoms. The Morgan fingerprint density at radius 1 is 1.42 bits per heavy atom. The Kier molecular flexibility index (Phi) is 2.77. The van der Waals surface area contributed by atoms with E-state index in [1.54, 1.807) is 11.8 Å². The quantitative estimate of drug-likeness (QED) is 0.592. The first kappa shape index (κ1) is 9.58. The lowest BCUT2D eigenvalue weighted by Gasteiger charge is -2.33. The molecule has 0 bridgehead atoms. The van der Waals surface area contributed by atoms with Crippen LogP contribution >= 0.6 is 0 Å². The van der Waals surface area contributed by atoms with Crippen molar-refractivity contribution in [2.45, 2.75) is 31.7 Å². The average Bonchev–Trinajstić information content (AvgIpc) is 2.03. The molecule has 1 aliphatic rings. The molecule has 0 amide bonds. The molecule has 0 aromatic heterocycles. The van der Waals surface area contributed by atoms with Crippen molar-refractivity contribution in [2.75, 3.05) is 13.1 Å². The van der Waals surface area contributed by atoms with Gasteiger partial charge in [0.1, 0.15) is 6.29 Å². The number of likely N-dealkylation sites (tertiary alicyclic amines) is 1. The van der Waals surface area contributed by atoms with E-state index in [0.29, 0.717) is 13.1 Å². The van der Waals surface area contributed by atoms with E-state index in [2.05, 4.69) is 0 Å². The summed E-state index contributed by atoms with van der Waals surface area (Å²) in [6.45, 7) is 2.39. The summed E-state index contributed by atoms with van der Waals surface area (Å²) < 4.78 is 25.3. The maximum atomic E-state index is 12.6. The van der Waals surface area contributed by atoms with Crippen molar-refractivity contribution in [1.29, 1.82) is 0 Å². The van der Waals surface area contributed by atoms with Crippen LogP contribution in [0.4, 0.5) is 8.78 Å². The number of aldehydes is 1. The van der Waals surface area contributed by atoms with Gasteiger partial charge in [0.2, 0.25) is 0 Å². The smallest absolute Gasteiger partial charge is 0.250 e. The van der Waals surface area contributed by atoms with Crippen LogP contribution in [0.5, 0.6) is 0 Å². The zero-order valence-corrected chi connectivity index (χ0v) is 7.09. The molecular weight excluding hydrogens is 164 g/mol. The van der Waals surface area contributed by atoms with Crippen LogP contribution < -0.4 is 0 Å². The fourth-order valence-corrected chi connectivity index (χ4v) is 1.34. The Morgan fingerprint density at radius 2 is 1.92 bits per heavy atom. The number of rotatable bonds is 2. The Labute approximate surface area is 70.5 Å². The standard InChI is InChI=1S/C8H13F2NO/c1-7(6-12)11-4-2-8(9,10)3-5-11/h6-7H,2-5H2,1H3. The van der Waals surface area contributed by atoms with Gasteiger partial charge < -0.3 is 4.79 Å². The summed E-state index contributed by atoms with van der Waals surface area (Å²) in [5.74, 6) is -2.51. The summed E-state index contributed by atoms with van der Waals surface area (Å²) in [7, 11) is 0. The molecule has 1 rings (SSSR count). The summed E-state index contributed by atoms with van der Waals surface area (Å²) in [6, 6.07) is -0.221. The second-order valence-electron chi connectivity index (χ2n) is 3.27. The molecule has 0 radical (unpaired) electrons. The molecule has 1 saturated heterocycles. The van der Waals surface area contributed by atoms with E-state index in [-0.39, 0.29) is 18.9 Å². The highest BCUT2D eigenvalue weighted by Gasteiger charge is 2.35. The van der Waals surface area contributed by atoms with Crippen molar-refractivity contribution in [1.82, 2.24) is 4.90 Å². The highest BCUT2D eigenvalue weighted by atomic mass is 19.3. The first-order valence-corrected chi connectivity index (χ1v) is 4.12. The van der Waals surface area contributed by atoms with E-state index >= 15 is 0 Å². The second-order valence-corrected chi connectivity index (χ2v) is 3.27. The number of carbonyl (C=O) groups is 1. The molecule has 1 aliphatic heterocycles. The number of halogens is 2. The van der Waals surface area contributed by atoms with E-state index in [9.17, 15) is 13.6 Å². The minimum absolute atomic E-state index is 0.120. The molecule has 2 nitrogen and oxygen atoms in total. The van der Waals surface area contributed by atoms with E-state index in [4.69, 9.17) is 0 Å². The summed E-state index contributed by atoms with van der Waals surface area (Å²) in [5, 5.41) is 0. The number of carbonyl (C=O) groups excluding carboxylic acids is 1. The van der Waals surface area contributed by atoms with Crippen LogP contribution in [0.1, 0.15) is 19.8 Å². The van der Waals surface area contributed by atoms with E-state index in [1.807, 2.05) is 0 Å². The Bertz CT molecular complexity index is 162. The monoisotopic (exact) mass is 177 g/mol. The molecule has 1 heterocycles.